The standard InChI is InChI=1S/C9H12N4O6S/c1-12(3-2-8(14)15)20(18,19)6-4-7(13(16)17)9(10)11-5-6/h4-5H,2-3H2,1H3,(H2,10,11)(H,14,15). The first-order valence-electron chi connectivity index (χ1n) is 5.24. The van der Waals surface area contributed by atoms with Crippen LogP contribution in [0.5, 0.6) is 0 Å². The van der Waals surface area contributed by atoms with Crippen molar-refractivity contribution in [2.45, 2.75) is 11.3 Å². The summed E-state index contributed by atoms with van der Waals surface area (Å²) in [5, 5.41) is 19.2. The lowest BCUT2D eigenvalue weighted by Crippen LogP contribution is -2.29. The number of anilines is 1. The number of carboxylic acids is 1. The van der Waals surface area contributed by atoms with Gasteiger partial charge in [-0.05, 0) is 0 Å². The van der Waals surface area contributed by atoms with Gasteiger partial charge < -0.3 is 10.8 Å². The lowest BCUT2D eigenvalue weighted by molar-refractivity contribution is -0.384. The van der Waals surface area contributed by atoms with E-state index in [4.69, 9.17) is 10.8 Å². The summed E-state index contributed by atoms with van der Waals surface area (Å²) >= 11 is 0. The Morgan fingerprint density at radius 3 is 2.70 bits per heavy atom. The minimum Gasteiger partial charge on any atom is -0.481 e. The van der Waals surface area contributed by atoms with Crippen LogP contribution >= 0.6 is 0 Å². The number of nitro groups is 1. The fourth-order valence-corrected chi connectivity index (χ4v) is 2.42. The zero-order valence-electron chi connectivity index (χ0n) is 10.4. The van der Waals surface area contributed by atoms with Gasteiger partial charge in [-0.1, -0.05) is 0 Å². The third-order valence-corrected chi connectivity index (χ3v) is 4.24. The van der Waals surface area contributed by atoms with Crippen LogP contribution in [0.1, 0.15) is 6.42 Å². The van der Waals surface area contributed by atoms with E-state index in [2.05, 4.69) is 4.98 Å². The number of sulfonamides is 1. The largest absolute Gasteiger partial charge is 0.481 e. The molecule has 0 spiro atoms. The molecular weight excluding hydrogens is 292 g/mol. The Balaban J connectivity index is 3.12. The van der Waals surface area contributed by atoms with Crippen molar-refractivity contribution >= 4 is 27.5 Å². The molecule has 11 heteroatoms. The van der Waals surface area contributed by atoms with Crippen LogP contribution < -0.4 is 5.73 Å². The number of hydrogen-bond acceptors (Lipinski definition) is 7. The maximum absolute atomic E-state index is 12.1. The van der Waals surface area contributed by atoms with Gasteiger partial charge in [0.1, 0.15) is 4.90 Å². The highest BCUT2D eigenvalue weighted by Crippen LogP contribution is 2.23. The molecule has 0 saturated carbocycles. The summed E-state index contributed by atoms with van der Waals surface area (Å²) in [6, 6.07) is 0.787. The fourth-order valence-electron chi connectivity index (χ4n) is 1.29. The van der Waals surface area contributed by atoms with Crippen molar-refractivity contribution < 1.29 is 23.2 Å². The maximum Gasteiger partial charge on any atom is 0.312 e. The number of hydrogen-bond donors (Lipinski definition) is 2. The summed E-state index contributed by atoms with van der Waals surface area (Å²) < 4.78 is 24.9. The van der Waals surface area contributed by atoms with E-state index in [9.17, 15) is 23.3 Å². The van der Waals surface area contributed by atoms with Gasteiger partial charge in [0, 0.05) is 25.9 Å². The molecule has 0 aliphatic rings. The molecule has 1 aromatic heterocycles. The second kappa shape index (κ2) is 5.79. The van der Waals surface area contributed by atoms with Crippen LogP contribution in [0, 0.1) is 10.1 Å². The van der Waals surface area contributed by atoms with Crippen LogP contribution in [0.3, 0.4) is 0 Å². The number of aromatic nitrogens is 1. The first-order valence-corrected chi connectivity index (χ1v) is 6.68. The van der Waals surface area contributed by atoms with Crippen LogP contribution in [-0.4, -0.2) is 47.3 Å². The number of carbonyl (C=O) groups is 1. The Bertz CT molecular complexity index is 644. The molecule has 20 heavy (non-hydrogen) atoms. The van der Waals surface area contributed by atoms with Crippen molar-refractivity contribution in [1.29, 1.82) is 0 Å². The Morgan fingerprint density at radius 1 is 1.60 bits per heavy atom. The molecule has 10 nitrogen and oxygen atoms in total. The summed E-state index contributed by atoms with van der Waals surface area (Å²) in [5.74, 6) is -1.56. The number of nitrogen functional groups attached to an aromatic ring is 1. The predicted octanol–water partition coefficient (Wildman–Crippen LogP) is -0.333. The van der Waals surface area contributed by atoms with Gasteiger partial charge in [-0.3, -0.25) is 14.9 Å². The van der Waals surface area contributed by atoms with Gasteiger partial charge in [0.15, 0.2) is 0 Å². The maximum atomic E-state index is 12.1. The molecule has 0 fully saturated rings. The van der Waals surface area contributed by atoms with E-state index in [0.717, 1.165) is 16.6 Å². The highest BCUT2D eigenvalue weighted by molar-refractivity contribution is 7.89. The third kappa shape index (κ3) is 3.39. The second-order valence-corrected chi connectivity index (χ2v) is 5.85. The Labute approximate surface area is 114 Å². The minimum atomic E-state index is -4.06. The first-order chi connectivity index (χ1) is 9.16. The van der Waals surface area contributed by atoms with E-state index in [0.29, 0.717) is 0 Å². The summed E-state index contributed by atoms with van der Waals surface area (Å²) in [6.07, 6.45) is 0.495. The molecule has 0 saturated heterocycles. The lowest BCUT2D eigenvalue weighted by Gasteiger charge is -2.15. The SMILES string of the molecule is CN(CCC(=O)O)S(=O)(=O)c1cnc(N)c([N+](=O)[O-])c1. The van der Waals surface area contributed by atoms with Crippen LogP contribution in [0.25, 0.3) is 0 Å². The average Bonchev–Trinajstić information content (AvgIpc) is 2.35. The molecule has 0 amide bonds. The number of aliphatic carboxylic acids is 1. The summed E-state index contributed by atoms with van der Waals surface area (Å²) in [7, 11) is -2.89. The van der Waals surface area contributed by atoms with Crippen LogP contribution in [0.4, 0.5) is 11.5 Å². The van der Waals surface area contributed by atoms with E-state index in [-0.39, 0.29) is 13.0 Å². The molecule has 0 aromatic carbocycles. The number of pyridine rings is 1. The number of nitrogens with two attached hydrogens (primary N) is 1. The van der Waals surface area contributed by atoms with Crippen LogP contribution in [0.2, 0.25) is 0 Å². The fraction of sp³-hybridized carbons (Fsp3) is 0.333. The molecular formula is C9H12N4O6S. The van der Waals surface area contributed by atoms with Crippen molar-refractivity contribution in [2.24, 2.45) is 0 Å². The third-order valence-electron chi connectivity index (χ3n) is 2.42. The normalized spacial score (nSPS) is 11.5. The molecule has 0 aliphatic heterocycles. The van der Waals surface area contributed by atoms with Crippen molar-refractivity contribution in [3.05, 3.63) is 22.4 Å². The molecule has 1 heterocycles. The minimum absolute atomic E-state index is 0.268. The monoisotopic (exact) mass is 304 g/mol. The van der Waals surface area contributed by atoms with Crippen LogP contribution in [-0.2, 0) is 14.8 Å². The highest BCUT2D eigenvalue weighted by Gasteiger charge is 2.25. The summed E-state index contributed by atoms with van der Waals surface area (Å²) in [4.78, 5) is 23.3. The van der Waals surface area contributed by atoms with E-state index in [1.165, 1.54) is 7.05 Å². The van der Waals surface area contributed by atoms with E-state index >= 15 is 0 Å². The van der Waals surface area contributed by atoms with Crippen molar-refractivity contribution in [3.63, 3.8) is 0 Å². The van der Waals surface area contributed by atoms with E-state index in [1.54, 1.807) is 0 Å². The molecule has 110 valence electrons. The van der Waals surface area contributed by atoms with Gasteiger partial charge in [-0.25, -0.2) is 17.7 Å². The molecule has 1 aromatic rings. The lowest BCUT2D eigenvalue weighted by atomic mass is 10.4. The van der Waals surface area contributed by atoms with E-state index in [1.807, 2.05) is 0 Å². The van der Waals surface area contributed by atoms with Gasteiger partial charge in [0.05, 0.1) is 11.3 Å². The predicted molar refractivity (Wildman–Crippen MR) is 67.4 cm³/mol. The molecule has 0 atom stereocenters. The Hall–Kier alpha value is -2.27. The Kier molecular flexibility index (Phi) is 4.57. The van der Waals surface area contributed by atoms with Gasteiger partial charge in [-0.2, -0.15) is 0 Å². The number of carboxylic acid groups (broad SMARTS) is 1. The molecule has 0 unspecified atom stereocenters. The van der Waals surface area contributed by atoms with Gasteiger partial charge in [0.2, 0.25) is 15.8 Å². The molecule has 0 aliphatic carbocycles. The average molecular weight is 304 g/mol. The van der Waals surface area contributed by atoms with Crippen LogP contribution in [0.15, 0.2) is 17.2 Å². The van der Waals surface area contributed by atoms with E-state index < -0.39 is 37.3 Å². The second-order valence-electron chi connectivity index (χ2n) is 3.80. The van der Waals surface area contributed by atoms with Crippen molar-refractivity contribution in [1.82, 2.24) is 9.29 Å². The quantitative estimate of drug-likeness (QED) is 0.534. The van der Waals surface area contributed by atoms with Gasteiger partial charge in [0.25, 0.3) is 0 Å². The number of rotatable bonds is 6. The zero-order chi connectivity index (χ0) is 15.5. The number of nitrogens with zero attached hydrogens (tertiary/aromatic N) is 3. The zero-order valence-corrected chi connectivity index (χ0v) is 11.2. The molecule has 0 radical (unpaired) electrons. The van der Waals surface area contributed by atoms with Crippen molar-refractivity contribution in [3.8, 4) is 0 Å². The van der Waals surface area contributed by atoms with Gasteiger partial charge >= 0.3 is 11.7 Å². The van der Waals surface area contributed by atoms with Crippen molar-refractivity contribution in [2.75, 3.05) is 19.3 Å². The summed E-state index contributed by atoms with van der Waals surface area (Å²) in [5.41, 5.74) is 4.64. The molecule has 1 rings (SSSR count). The highest BCUT2D eigenvalue weighted by atomic mass is 32.2. The smallest absolute Gasteiger partial charge is 0.312 e. The molecule has 3 N–H and O–H groups in total. The first kappa shape index (κ1) is 15.8. The Morgan fingerprint density at radius 2 is 2.20 bits per heavy atom. The molecule has 0 bridgehead atoms. The summed E-state index contributed by atoms with van der Waals surface area (Å²) in [6.45, 7) is -0.268. The van der Waals surface area contributed by atoms with Gasteiger partial charge in [-0.15, -0.1) is 0 Å². The topological polar surface area (TPSA) is 157 Å².